The molecule has 0 radical (unpaired) electrons. The van der Waals surface area contributed by atoms with Gasteiger partial charge in [0.2, 0.25) is 5.91 Å². The van der Waals surface area contributed by atoms with E-state index in [0.29, 0.717) is 0 Å². The van der Waals surface area contributed by atoms with E-state index in [0.717, 1.165) is 22.6 Å². The first-order valence-corrected chi connectivity index (χ1v) is 7.76. The monoisotopic (exact) mass is 314 g/mol. The van der Waals surface area contributed by atoms with Crippen molar-refractivity contribution in [2.24, 2.45) is 0 Å². The largest absolute Gasteiger partial charge is 0.355 e. The van der Waals surface area contributed by atoms with Crippen molar-refractivity contribution in [3.63, 3.8) is 0 Å². The second-order valence-corrected chi connectivity index (χ2v) is 5.27. The van der Waals surface area contributed by atoms with Gasteiger partial charge in [-0.05, 0) is 29.8 Å². The maximum atomic E-state index is 12.4. The second kappa shape index (κ2) is 7.79. The average Bonchev–Trinajstić information content (AvgIpc) is 2.63. The van der Waals surface area contributed by atoms with Crippen LogP contribution in [0.25, 0.3) is 5.70 Å². The van der Waals surface area contributed by atoms with Gasteiger partial charge in [0, 0.05) is 17.5 Å². The fourth-order valence-corrected chi connectivity index (χ4v) is 2.32. The molecule has 0 unspecified atom stereocenters. The quantitative estimate of drug-likeness (QED) is 0.666. The molecule has 0 heterocycles. The molecule has 0 saturated heterocycles. The van der Waals surface area contributed by atoms with Crippen LogP contribution in [0.3, 0.4) is 0 Å². The maximum Gasteiger partial charge on any atom is 0.250 e. The zero-order valence-electron chi connectivity index (χ0n) is 13.1. The zero-order valence-corrected chi connectivity index (χ0v) is 13.1. The Morgan fingerprint density at radius 2 is 1.08 bits per heavy atom. The summed E-state index contributed by atoms with van der Waals surface area (Å²) in [6.45, 7) is 0. The minimum absolute atomic E-state index is 0.177. The summed E-state index contributed by atoms with van der Waals surface area (Å²) in [5, 5.41) is 6.18. The number of carbonyl (C=O) groups excluding carboxylic acids is 1. The Labute approximate surface area is 141 Å². The van der Waals surface area contributed by atoms with Gasteiger partial charge in [-0.25, -0.2) is 0 Å². The van der Waals surface area contributed by atoms with Crippen LogP contribution in [0.4, 0.5) is 11.4 Å². The Bertz CT molecular complexity index is 812. The minimum Gasteiger partial charge on any atom is -0.355 e. The molecule has 3 aromatic carbocycles. The Hall–Kier alpha value is -3.33. The summed E-state index contributed by atoms with van der Waals surface area (Å²) >= 11 is 0. The predicted molar refractivity (Wildman–Crippen MR) is 99.6 cm³/mol. The Balaban J connectivity index is 1.85. The first-order chi connectivity index (χ1) is 11.8. The molecule has 0 atom stereocenters. The summed E-state index contributed by atoms with van der Waals surface area (Å²) in [6, 6.07) is 29.0. The van der Waals surface area contributed by atoms with Crippen molar-refractivity contribution in [2.75, 3.05) is 10.6 Å². The van der Waals surface area contributed by atoms with Crippen molar-refractivity contribution in [2.45, 2.75) is 0 Å². The van der Waals surface area contributed by atoms with Crippen LogP contribution in [0.2, 0.25) is 0 Å². The lowest BCUT2D eigenvalue weighted by Gasteiger charge is -2.12. The van der Waals surface area contributed by atoms with E-state index < -0.39 is 0 Å². The molecule has 3 aromatic rings. The molecule has 0 fully saturated rings. The van der Waals surface area contributed by atoms with E-state index in [9.17, 15) is 4.79 Å². The number of carbonyl (C=O) groups is 1. The number of nitrogens with one attached hydrogen (secondary N) is 2. The third-order valence-corrected chi connectivity index (χ3v) is 3.45. The van der Waals surface area contributed by atoms with Crippen LogP contribution in [0, 0.1) is 0 Å². The van der Waals surface area contributed by atoms with Crippen LogP contribution >= 0.6 is 0 Å². The molecule has 2 N–H and O–H groups in total. The fraction of sp³-hybridized carbons (Fsp3) is 0. The molecule has 0 aliphatic carbocycles. The average molecular weight is 314 g/mol. The molecule has 0 saturated carbocycles. The van der Waals surface area contributed by atoms with Crippen molar-refractivity contribution in [1.82, 2.24) is 0 Å². The standard InChI is InChI=1S/C21H18N2O/c24-21(23-19-14-8-3-9-15-19)16-20(17-10-4-1-5-11-17)22-18-12-6-2-7-13-18/h1-16,22H,(H,23,24)/b20-16-. The molecule has 0 aliphatic rings. The van der Waals surface area contributed by atoms with Gasteiger partial charge in [-0.1, -0.05) is 66.7 Å². The highest BCUT2D eigenvalue weighted by Crippen LogP contribution is 2.18. The molecule has 0 aliphatic heterocycles. The predicted octanol–water partition coefficient (Wildman–Crippen LogP) is 4.78. The molecule has 0 aromatic heterocycles. The van der Waals surface area contributed by atoms with Crippen LogP contribution in [0.15, 0.2) is 97.1 Å². The number of anilines is 2. The van der Waals surface area contributed by atoms with E-state index in [-0.39, 0.29) is 5.91 Å². The SMILES string of the molecule is O=C(/C=C(\Nc1ccccc1)c1ccccc1)Nc1ccccc1. The Kier molecular flexibility index (Phi) is 5.05. The van der Waals surface area contributed by atoms with Gasteiger partial charge in [0.1, 0.15) is 0 Å². The van der Waals surface area contributed by atoms with Crippen LogP contribution in [0.5, 0.6) is 0 Å². The summed E-state index contributed by atoms with van der Waals surface area (Å²) in [5.74, 6) is -0.177. The minimum atomic E-state index is -0.177. The Morgan fingerprint density at radius 3 is 1.62 bits per heavy atom. The van der Waals surface area contributed by atoms with E-state index in [2.05, 4.69) is 10.6 Å². The zero-order chi connectivity index (χ0) is 16.6. The number of benzene rings is 3. The van der Waals surface area contributed by atoms with E-state index in [4.69, 9.17) is 0 Å². The highest BCUT2D eigenvalue weighted by Gasteiger charge is 2.06. The summed E-state index contributed by atoms with van der Waals surface area (Å²) in [7, 11) is 0. The summed E-state index contributed by atoms with van der Waals surface area (Å²) in [6.07, 6.45) is 1.58. The van der Waals surface area contributed by atoms with Crippen molar-refractivity contribution >= 4 is 23.0 Å². The molecule has 3 rings (SSSR count). The van der Waals surface area contributed by atoms with Crippen molar-refractivity contribution < 1.29 is 4.79 Å². The van der Waals surface area contributed by atoms with Gasteiger partial charge >= 0.3 is 0 Å². The molecule has 24 heavy (non-hydrogen) atoms. The number of amides is 1. The molecule has 0 spiro atoms. The lowest BCUT2D eigenvalue weighted by Crippen LogP contribution is -2.11. The second-order valence-electron chi connectivity index (χ2n) is 5.27. The van der Waals surface area contributed by atoms with Crippen molar-refractivity contribution in [3.05, 3.63) is 103 Å². The molecule has 3 nitrogen and oxygen atoms in total. The van der Waals surface area contributed by atoms with Gasteiger partial charge < -0.3 is 10.6 Å². The van der Waals surface area contributed by atoms with E-state index >= 15 is 0 Å². The van der Waals surface area contributed by atoms with Crippen molar-refractivity contribution in [1.29, 1.82) is 0 Å². The third kappa shape index (κ3) is 4.34. The molecule has 3 heteroatoms. The van der Waals surface area contributed by atoms with Gasteiger partial charge in [-0.3, -0.25) is 4.79 Å². The molecule has 0 bridgehead atoms. The fourth-order valence-electron chi connectivity index (χ4n) is 2.32. The lowest BCUT2D eigenvalue weighted by molar-refractivity contribution is -0.111. The first kappa shape index (κ1) is 15.6. The van der Waals surface area contributed by atoms with Gasteiger partial charge in [0.15, 0.2) is 0 Å². The number of hydrogen-bond acceptors (Lipinski definition) is 2. The van der Waals surface area contributed by atoms with Crippen molar-refractivity contribution in [3.8, 4) is 0 Å². The number of para-hydroxylation sites is 2. The maximum absolute atomic E-state index is 12.4. The topological polar surface area (TPSA) is 41.1 Å². The van der Waals surface area contributed by atoms with Gasteiger partial charge in [-0.15, -0.1) is 0 Å². The van der Waals surface area contributed by atoms with Gasteiger partial charge in [0.05, 0.1) is 5.70 Å². The molecular weight excluding hydrogens is 296 g/mol. The number of hydrogen-bond donors (Lipinski definition) is 2. The van der Waals surface area contributed by atoms with Crippen LogP contribution < -0.4 is 10.6 Å². The summed E-state index contributed by atoms with van der Waals surface area (Å²) < 4.78 is 0. The van der Waals surface area contributed by atoms with E-state index in [1.807, 2.05) is 91.0 Å². The molecule has 1 amide bonds. The van der Waals surface area contributed by atoms with Gasteiger partial charge in [0.25, 0.3) is 0 Å². The third-order valence-electron chi connectivity index (χ3n) is 3.45. The van der Waals surface area contributed by atoms with Crippen LogP contribution in [-0.4, -0.2) is 5.91 Å². The van der Waals surface area contributed by atoms with Crippen LogP contribution in [-0.2, 0) is 4.79 Å². The Morgan fingerprint density at radius 1 is 0.625 bits per heavy atom. The summed E-state index contributed by atoms with van der Waals surface area (Å²) in [5.41, 5.74) is 3.39. The molecular formula is C21H18N2O. The first-order valence-electron chi connectivity index (χ1n) is 7.76. The lowest BCUT2D eigenvalue weighted by atomic mass is 10.1. The highest BCUT2D eigenvalue weighted by molar-refractivity contribution is 6.05. The molecule has 118 valence electrons. The van der Waals surface area contributed by atoms with E-state index in [1.165, 1.54) is 0 Å². The highest BCUT2D eigenvalue weighted by atomic mass is 16.1. The smallest absolute Gasteiger partial charge is 0.250 e. The van der Waals surface area contributed by atoms with E-state index in [1.54, 1.807) is 6.08 Å². The van der Waals surface area contributed by atoms with Gasteiger partial charge in [-0.2, -0.15) is 0 Å². The van der Waals surface area contributed by atoms with Crippen LogP contribution in [0.1, 0.15) is 5.56 Å². The number of rotatable bonds is 5. The summed E-state index contributed by atoms with van der Waals surface area (Å²) in [4.78, 5) is 12.4. The normalized spacial score (nSPS) is 10.9.